The van der Waals surface area contributed by atoms with Gasteiger partial charge in [-0.05, 0) is 18.4 Å². The van der Waals surface area contributed by atoms with Gasteiger partial charge in [-0.3, -0.25) is 0 Å². The van der Waals surface area contributed by atoms with Crippen molar-refractivity contribution in [3.63, 3.8) is 0 Å². The normalized spacial score (nSPS) is 13.1. The molecule has 0 saturated carbocycles. The largest absolute Gasteiger partial charge is 0.377 e. The van der Waals surface area contributed by atoms with Gasteiger partial charge in [-0.1, -0.05) is 19.9 Å². The van der Waals surface area contributed by atoms with Crippen LogP contribution in [-0.4, -0.2) is 19.6 Å². The molecule has 0 aliphatic rings. The molecule has 12 heavy (non-hydrogen) atoms. The van der Waals surface area contributed by atoms with Crippen molar-refractivity contribution in [2.75, 3.05) is 13.2 Å². The molecule has 0 N–H and O–H groups in total. The summed E-state index contributed by atoms with van der Waals surface area (Å²) in [5.41, 5.74) is 0.0822. The van der Waals surface area contributed by atoms with Crippen LogP contribution in [0.1, 0.15) is 20.8 Å². The lowest BCUT2D eigenvalue weighted by Gasteiger charge is -2.04. The van der Waals surface area contributed by atoms with E-state index in [0.717, 1.165) is 0 Å². The van der Waals surface area contributed by atoms with Crippen LogP contribution in [0.15, 0.2) is 11.6 Å². The van der Waals surface area contributed by atoms with Gasteiger partial charge in [0.25, 0.3) is 6.43 Å². The van der Waals surface area contributed by atoms with E-state index in [0.29, 0.717) is 12.5 Å². The molecule has 0 aliphatic heterocycles. The molecule has 0 unspecified atom stereocenters. The Hall–Kier alpha value is -0.440. The van der Waals surface area contributed by atoms with Crippen molar-refractivity contribution in [1.82, 2.24) is 0 Å². The third-order valence-corrected chi connectivity index (χ3v) is 1.32. The minimum atomic E-state index is -2.35. The molecule has 0 amide bonds. The van der Waals surface area contributed by atoms with Gasteiger partial charge in [-0.25, -0.2) is 8.78 Å². The highest BCUT2D eigenvalue weighted by molar-refractivity contribution is 5.00. The van der Waals surface area contributed by atoms with Gasteiger partial charge in [-0.2, -0.15) is 0 Å². The number of allylic oxidation sites excluding steroid dienone is 1. The standard InChI is InChI=1S/C9H16F2O/c1-7(2)6-12-5-4-8(3)9(10)11/h4,7,9H,5-6H2,1-3H3. The predicted molar refractivity (Wildman–Crippen MR) is 45.4 cm³/mol. The first kappa shape index (κ1) is 11.6. The third kappa shape index (κ3) is 6.28. The van der Waals surface area contributed by atoms with Crippen molar-refractivity contribution in [1.29, 1.82) is 0 Å². The van der Waals surface area contributed by atoms with E-state index in [1.54, 1.807) is 0 Å². The summed E-state index contributed by atoms with van der Waals surface area (Å²) in [4.78, 5) is 0. The minimum absolute atomic E-state index is 0.0822. The first-order chi connectivity index (χ1) is 5.54. The van der Waals surface area contributed by atoms with Gasteiger partial charge in [0.05, 0.1) is 6.61 Å². The zero-order chi connectivity index (χ0) is 9.56. The molecule has 0 rings (SSSR count). The number of hydrogen-bond acceptors (Lipinski definition) is 1. The summed E-state index contributed by atoms with van der Waals surface area (Å²) in [5, 5.41) is 0. The lowest BCUT2D eigenvalue weighted by Crippen LogP contribution is -2.03. The predicted octanol–water partition coefficient (Wildman–Crippen LogP) is 2.87. The van der Waals surface area contributed by atoms with Crippen LogP contribution in [0.25, 0.3) is 0 Å². The molecule has 0 fully saturated rings. The van der Waals surface area contributed by atoms with E-state index in [1.807, 2.05) is 13.8 Å². The summed E-state index contributed by atoms with van der Waals surface area (Å²) in [6.45, 7) is 6.35. The molecule has 3 heteroatoms. The Labute approximate surface area is 72.4 Å². The number of hydrogen-bond donors (Lipinski definition) is 0. The van der Waals surface area contributed by atoms with Crippen LogP contribution in [-0.2, 0) is 4.74 Å². The van der Waals surface area contributed by atoms with Gasteiger partial charge in [0, 0.05) is 6.61 Å². The molecule has 0 aromatic rings. The second kappa shape index (κ2) is 6.12. The van der Waals surface area contributed by atoms with Crippen LogP contribution < -0.4 is 0 Å². The van der Waals surface area contributed by atoms with Crippen molar-refractivity contribution in [3.8, 4) is 0 Å². The molecule has 0 aliphatic carbocycles. The van der Waals surface area contributed by atoms with Crippen molar-refractivity contribution < 1.29 is 13.5 Å². The maximum atomic E-state index is 11.9. The number of alkyl halides is 2. The molecule has 0 atom stereocenters. The van der Waals surface area contributed by atoms with Crippen LogP contribution in [0.2, 0.25) is 0 Å². The zero-order valence-electron chi connectivity index (χ0n) is 7.81. The summed E-state index contributed by atoms with van der Waals surface area (Å²) >= 11 is 0. The third-order valence-electron chi connectivity index (χ3n) is 1.32. The highest BCUT2D eigenvalue weighted by atomic mass is 19.3. The van der Waals surface area contributed by atoms with Gasteiger partial charge in [0.15, 0.2) is 0 Å². The molecule has 1 nitrogen and oxygen atoms in total. The monoisotopic (exact) mass is 178 g/mol. The number of rotatable bonds is 5. The molecule has 0 radical (unpaired) electrons. The van der Waals surface area contributed by atoms with E-state index in [9.17, 15) is 8.78 Å². The molecule has 0 heterocycles. The van der Waals surface area contributed by atoms with Gasteiger partial charge >= 0.3 is 0 Å². The summed E-state index contributed by atoms with van der Waals surface area (Å²) in [7, 11) is 0. The summed E-state index contributed by atoms with van der Waals surface area (Å²) in [5.74, 6) is 0.449. The van der Waals surface area contributed by atoms with Gasteiger partial charge in [0.2, 0.25) is 0 Å². The van der Waals surface area contributed by atoms with Crippen LogP contribution >= 0.6 is 0 Å². The average molecular weight is 178 g/mol. The highest BCUT2D eigenvalue weighted by Gasteiger charge is 2.03. The van der Waals surface area contributed by atoms with Crippen molar-refractivity contribution in [3.05, 3.63) is 11.6 Å². The molecule has 72 valence electrons. The maximum absolute atomic E-state index is 11.9. The van der Waals surface area contributed by atoms with Crippen molar-refractivity contribution >= 4 is 0 Å². The fourth-order valence-corrected chi connectivity index (χ4v) is 0.583. The van der Waals surface area contributed by atoms with E-state index in [2.05, 4.69) is 0 Å². The molecular weight excluding hydrogens is 162 g/mol. The Kier molecular flexibility index (Phi) is 5.89. The van der Waals surface area contributed by atoms with Gasteiger partial charge in [0.1, 0.15) is 0 Å². The molecule has 0 aromatic heterocycles. The molecule has 0 spiro atoms. The van der Waals surface area contributed by atoms with E-state index < -0.39 is 6.43 Å². The van der Waals surface area contributed by atoms with Crippen molar-refractivity contribution in [2.24, 2.45) is 5.92 Å². The Bertz CT molecular complexity index is 141. The Balaban J connectivity index is 3.47. The Morgan fingerprint density at radius 1 is 1.42 bits per heavy atom. The van der Waals surface area contributed by atoms with Gasteiger partial charge in [-0.15, -0.1) is 0 Å². The summed E-state index contributed by atoms with van der Waals surface area (Å²) in [6, 6.07) is 0. The van der Waals surface area contributed by atoms with Crippen LogP contribution in [0.3, 0.4) is 0 Å². The first-order valence-electron chi connectivity index (χ1n) is 4.06. The van der Waals surface area contributed by atoms with E-state index in [4.69, 9.17) is 4.74 Å². The van der Waals surface area contributed by atoms with Gasteiger partial charge < -0.3 is 4.74 Å². The Morgan fingerprint density at radius 2 is 2.00 bits per heavy atom. The topological polar surface area (TPSA) is 9.23 Å². The quantitative estimate of drug-likeness (QED) is 0.464. The zero-order valence-corrected chi connectivity index (χ0v) is 7.81. The second-order valence-corrected chi connectivity index (χ2v) is 3.18. The average Bonchev–Trinajstić information content (AvgIpc) is 1.97. The second-order valence-electron chi connectivity index (χ2n) is 3.18. The maximum Gasteiger partial charge on any atom is 0.259 e. The van der Waals surface area contributed by atoms with E-state index >= 15 is 0 Å². The highest BCUT2D eigenvalue weighted by Crippen LogP contribution is 2.06. The molecule has 0 aromatic carbocycles. The number of halogens is 2. The van der Waals surface area contributed by atoms with Crippen LogP contribution in [0.5, 0.6) is 0 Å². The molecule has 0 saturated heterocycles. The molecular formula is C9H16F2O. The SMILES string of the molecule is CC(=CCOCC(C)C)C(F)F. The smallest absolute Gasteiger partial charge is 0.259 e. The lowest BCUT2D eigenvalue weighted by atomic mass is 10.2. The van der Waals surface area contributed by atoms with Crippen LogP contribution in [0, 0.1) is 5.92 Å². The molecule has 0 bridgehead atoms. The first-order valence-corrected chi connectivity index (χ1v) is 4.06. The summed E-state index contributed by atoms with van der Waals surface area (Å²) < 4.78 is 28.9. The fourth-order valence-electron chi connectivity index (χ4n) is 0.583. The van der Waals surface area contributed by atoms with Crippen LogP contribution in [0.4, 0.5) is 8.78 Å². The fraction of sp³-hybridized carbons (Fsp3) is 0.778. The van der Waals surface area contributed by atoms with E-state index in [1.165, 1.54) is 13.0 Å². The minimum Gasteiger partial charge on any atom is -0.377 e. The lowest BCUT2D eigenvalue weighted by molar-refractivity contribution is 0.131. The number of ether oxygens (including phenoxy) is 1. The van der Waals surface area contributed by atoms with E-state index in [-0.39, 0.29) is 12.2 Å². The Morgan fingerprint density at radius 3 is 2.42 bits per heavy atom. The summed E-state index contributed by atoms with van der Waals surface area (Å²) in [6.07, 6.45) is -0.930. The van der Waals surface area contributed by atoms with Crippen molar-refractivity contribution in [2.45, 2.75) is 27.2 Å².